The summed E-state index contributed by atoms with van der Waals surface area (Å²) in [4.78, 5) is 34.5. The Labute approximate surface area is 210 Å². The number of piperidine rings is 1. The Morgan fingerprint density at radius 1 is 1.17 bits per heavy atom. The topological polar surface area (TPSA) is 82.0 Å². The first-order chi connectivity index (χ1) is 16.8. The molecule has 3 aromatic rings. The lowest BCUT2D eigenvalue weighted by Crippen LogP contribution is -2.29. The molecule has 1 aliphatic heterocycles. The zero-order chi connectivity index (χ0) is 24.9. The average molecular weight is 495 g/mol. The van der Waals surface area contributed by atoms with E-state index in [0.29, 0.717) is 28.6 Å². The molecule has 0 atom stereocenters. The summed E-state index contributed by atoms with van der Waals surface area (Å²) < 4.78 is 1.79. The summed E-state index contributed by atoms with van der Waals surface area (Å²) in [5, 5.41) is 6.38. The van der Waals surface area contributed by atoms with E-state index in [4.69, 9.17) is 11.6 Å². The van der Waals surface area contributed by atoms with E-state index >= 15 is 0 Å². The normalized spacial score (nSPS) is 15.2. The van der Waals surface area contributed by atoms with Gasteiger partial charge >= 0.3 is 0 Å². The molecule has 35 heavy (non-hydrogen) atoms. The van der Waals surface area contributed by atoms with Crippen molar-refractivity contribution >= 4 is 40.4 Å². The molecule has 0 unspecified atom stereocenters. The number of benzene rings is 1. The molecule has 2 amide bonds. The molecule has 0 bridgehead atoms. The number of para-hydroxylation sites is 1. The highest BCUT2D eigenvalue weighted by Gasteiger charge is 2.24. The van der Waals surface area contributed by atoms with Crippen LogP contribution in [0.5, 0.6) is 0 Å². The number of nitrogens with zero attached hydrogens (tertiary/aromatic N) is 4. The second-order valence-corrected chi connectivity index (χ2v) is 9.59. The summed E-state index contributed by atoms with van der Waals surface area (Å²) in [7, 11) is 6.02. The van der Waals surface area contributed by atoms with Crippen LogP contribution in [0.25, 0.3) is 5.65 Å². The molecule has 0 saturated carbocycles. The Kier molecular flexibility index (Phi) is 7.85. The van der Waals surface area contributed by atoms with Gasteiger partial charge in [0.25, 0.3) is 5.91 Å². The van der Waals surface area contributed by atoms with Crippen LogP contribution in [0.1, 0.15) is 34.8 Å². The van der Waals surface area contributed by atoms with Gasteiger partial charge in [-0.1, -0.05) is 29.8 Å². The van der Waals surface area contributed by atoms with Crippen LogP contribution in [-0.4, -0.2) is 71.8 Å². The Hall–Kier alpha value is -3.20. The van der Waals surface area contributed by atoms with Crippen molar-refractivity contribution in [3.05, 3.63) is 71.2 Å². The highest BCUT2D eigenvalue weighted by molar-refractivity contribution is 6.33. The molecule has 0 radical (unpaired) electrons. The highest BCUT2D eigenvalue weighted by Crippen LogP contribution is 2.34. The van der Waals surface area contributed by atoms with E-state index in [0.717, 1.165) is 37.2 Å². The lowest BCUT2D eigenvalue weighted by Gasteiger charge is -2.30. The highest BCUT2D eigenvalue weighted by atomic mass is 35.5. The fourth-order valence-electron chi connectivity index (χ4n) is 4.25. The number of halogens is 1. The van der Waals surface area contributed by atoms with Gasteiger partial charge in [0.1, 0.15) is 11.3 Å². The number of fused-ring (bicyclic) bond motifs is 1. The minimum Gasteiger partial charge on any atom is -0.322 e. The molecule has 1 aliphatic rings. The van der Waals surface area contributed by atoms with Crippen molar-refractivity contribution in [3.8, 4) is 0 Å². The molecule has 0 aliphatic carbocycles. The van der Waals surface area contributed by atoms with Gasteiger partial charge in [-0.15, -0.1) is 0 Å². The molecule has 4 rings (SSSR count). The molecule has 1 fully saturated rings. The number of hydrogen-bond acceptors (Lipinski definition) is 5. The van der Waals surface area contributed by atoms with Gasteiger partial charge in [0.2, 0.25) is 5.91 Å². The molecule has 3 heterocycles. The number of likely N-dealkylation sites (N-methyl/N-ethyl adjacent to an activating group) is 1. The number of aromatic nitrogens is 2. The average Bonchev–Trinajstić information content (AvgIpc) is 3.23. The van der Waals surface area contributed by atoms with E-state index in [9.17, 15) is 9.59 Å². The third kappa shape index (κ3) is 6.08. The van der Waals surface area contributed by atoms with Crippen LogP contribution in [0, 0.1) is 0 Å². The van der Waals surface area contributed by atoms with Crippen LogP contribution in [-0.2, 0) is 4.79 Å². The van der Waals surface area contributed by atoms with Gasteiger partial charge in [-0.05, 0) is 70.7 Å². The molecule has 2 N–H and O–H groups in total. The van der Waals surface area contributed by atoms with Crippen LogP contribution in [0.3, 0.4) is 0 Å². The zero-order valence-electron chi connectivity index (χ0n) is 20.3. The fourth-order valence-corrected chi connectivity index (χ4v) is 4.44. The summed E-state index contributed by atoms with van der Waals surface area (Å²) >= 11 is 6.22. The van der Waals surface area contributed by atoms with Gasteiger partial charge in [-0.3, -0.25) is 14.0 Å². The lowest BCUT2D eigenvalue weighted by molar-refractivity contribution is -0.111. The first kappa shape index (κ1) is 24.9. The molecule has 8 nitrogen and oxygen atoms in total. The predicted molar refractivity (Wildman–Crippen MR) is 140 cm³/mol. The maximum atomic E-state index is 13.1. The first-order valence-electron chi connectivity index (χ1n) is 11.7. The van der Waals surface area contributed by atoms with E-state index in [1.807, 2.05) is 49.5 Å². The van der Waals surface area contributed by atoms with Gasteiger partial charge < -0.3 is 20.4 Å². The van der Waals surface area contributed by atoms with Gasteiger partial charge in [-0.2, -0.15) is 0 Å². The predicted octanol–water partition coefficient (Wildman–Crippen LogP) is 4.11. The smallest absolute Gasteiger partial charge is 0.274 e. The summed E-state index contributed by atoms with van der Waals surface area (Å²) in [6.45, 7) is 2.63. The first-order valence-corrected chi connectivity index (χ1v) is 12.1. The molecular formula is C26H31ClN6O2. The van der Waals surface area contributed by atoms with Gasteiger partial charge in [-0.25, -0.2) is 4.98 Å². The van der Waals surface area contributed by atoms with Crippen molar-refractivity contribution in [3.63, 3.8) is 0 Å². The van der Waals surface area contributed by atoms with Crippen LogP contribution in [0.2, 0.25) is 5.02 Å². The molecule has 1 aromatic carbocycles. The maximum absolute atomic E-state index is 13.1. The SMILES string of the molecule is CN(C)C/C=C/C(=O)Nc1cc2ncc(C(=O)Nc3ccccc3Cl)n2cc1C1CCN(C)CC1. The molecular weight excluding hydrogens is 464 g/mol. The fraction of sp³-hybridized carbons (Fsp3) is 0.346. The van der Waals surface area contributed by atoms with Gasteiger partial charge in [0, 0.05) is 30.6 Å². The standard InChI is InChI=1S/C26H31ClN6O2/c1-31(2)12-6-9-25(34)29-22-15-24-28-16-23(26(35)30-21-8-5-4-7-20(21)27)33(24)17-19(22)18-10-13-32(3)14-11-18/h4-9,15-18H,10-14H2,1-3H3,(H,29,34)(H,30,35)/b9-6+. The number of imidazole rings is 1. The Balaban J connectivity index is 1.66. The number of anilines is 2. The molecule has 0 spiro atoms. The van der Waals surface area contributed by atoms with Crippen molar-refractivity contribution in [2.24, 2.45) is 0 Å². The van der Waals surface area contributed by atoms with E-state index in [1.54, 1.807) is 28.8 Å². The van der Waals surface area contributed by atoms with Crippen molar-refractivity contribution < 1.29 is 9.59 Å². The minimum absolute atomic E-state index is 0.186. The van der Waals surface area contributed by atoms with E-state index in [-0.39, 0.29) is 17.7 Å². The van der Waals surface area contributed by atoms with E-state index < -0.39 is 0 Å². The maximum Gasteiger partial charge on any atom is 0.274 e. The van der Waals surface area contributed by atoms with Crippen molar-refractivity contribution in [2.75, 3.05) is 51.4 Å². The Morgan fingerprint density at radius 2 is 1.91 bits per heavy atom. The number of nitrogens with one attached hydrogen (secondary N) is 2. The third-order valence-electron chi connectivity index (χ3n) is 6.19. The van der Waals surface area contributed by atoms with E-state index in [1.165, 1.54) is 0 Å². The summed E-state index contributed by atoms with van der Waals surface area (Å²) in [5.41, 5.74) is 3.26. The van der Waals surface area contributed by atoms with Crippen molar-refractivity contribution in [1.29, 1.82) is 0 Å². The lowest BCUT2D eigenvalue weighted by atomic mass is 9.89. The second kappa shape index (κ2) is 11.0. The van der Waals surface area contributed by atoms with Gasteiger partial charge in [0.05, 0.1) is 16.9 Å². The summed E-state index contributed by atoms with van der Waals surface area (Å²) in [5.74, 6) is -0.226. The van der Waals surface area contributed by atoms with Crippen LogP contribution in [0.4, 0.5) is 11.4 Å². The molecule has 1 saturated heterocycles. The van der Waals surface area contributed by atoms with Crippen LogP contribution >= 0.6 is 11.6 Å². The molecule has 2 aromatic heterocycles. The van der Waals surface area contributed by atoms with Crippen LogP contribution < -0.4 is 10.6 Å². The number of carbonyl (C=O) groups excluding carboxylic acids is 2. The Bertz CT molecular complexity index is 1240. The number of amides is 2. The number of hydrogen-bond donors (Lipinski definition) is 2. The zero-order valence-corrected chi connectivity index (χ0v) is 21.0. The number of carbonyl (C=O) groups is 2. The summed E-state index contributed by atoms with van der Waals surface area (Å²) in [6.07, 6.45) is 8.81. The minimum atomic E-state index is -0.302. The van der Waals surface area contributed by atoms with Crippen LogP contribution in [0.15, 0.2) is 54.9 Å². The van der Waals surface area contributed by atoms with Gasteiger partial charge in [0.15, 0.2) is 0 Å². The van der Waals surface area contributed by atoms with Crippen molar-refractivity contribution in [1.82, 2.24) is 19.2 Å². The molecule has 184 valence electrons. The monoisotopic (exact) mass is 494 g/mol. The second-order valence-electron chi connectivity index (χ2n) is 9.18. The molecule has 9 heteroatoms. The third-order valence-corrected chi connectivity index (χ3v) is 6.52. The summed E-state index contributed by atoms with van der Waals surface area (Å²) in [6, 6.07) is 8.95. The largest absolute Gasteiger partial charge is 0.322 e. The van der Waals surface area contributed by atoms with Crippen molar-refractivity contribution in [2.45, 2.75) is 18.8 Å². The number of pyridine rings is 1. The van der Waals surface area contributed by atoms with E-state index in [2.05, 4.69) is 27.6 Å². The number of likely N-dealkylation sites (tertiary alicyclic amines) is 1. The quantitative estimate of drug-likeness (QED) is 0.483. The number of rotatable bonds is 7. The Morgan fingerprint density at radius 3 is 2.63 bits per heavy atom.